The van der Waals surface area contributed by atoms with Crippen molar-refractivity contribution in [1.29, 1.82) is 0 Å². The number of hydrogen-bond donors (Lipinski definition) is 1. The van der Waals surface area contributed by atoms with E-state index in [0.717, 1.165) is 11.2 Å². The van der Waals surface area contributed by atoms with Crippen molar-refractivity contribution >= 4 is 34.8 Å². The Morgan fingerprint density at radius 1 is 1.00 bits per heavy atom. The summed E-state index contributed by atoms with van der Waals surface area (Å²) in [5.41, 5.74) is 4.01. The van der Waals surface area contributed by atoms with Gasteiger partial charge in [-0.25, -0.2) is 9.98 Å². The Bertz CT molecular complexity index is 1470. The van der Waals surface area contributed by atoms with Crippen LogP contribution in [0.3, 0.4) is 0 Å². The third-order valence-electron chi connectivity index (χ3n) is 5.01. The molecule has 0 atom stereocenters. The van der Waals surface area contributed by atoms with E-state index in [1.807, 2.05) is 6.07 Å². The summed E-state index contributed by atoms with van der Waals surface area (Å²) < 4.78 is 6.59. The number of hydrogen-bond acceptors (Lipinski definition) is 6. The summed E-state index contributed by atoms with van der Waals surface area (Å²) in [6.45, 7) is -0.301. The van der Waals surface area contributed by atoms with Crippen LogP contribution in [0.2, 0.25) is 0 Å². The number of fused-ring (bicyclic) bond motifs is 1. The lowest BCUT2D eigenvalue weighted by molar-refractivity contribution is -0.133. The summed E-state index contributed by atoms with van der Waals surface area (Å²) >= 11 is 0. The van der Waals surface area contributed by atoms with Crippen LogP contribution in [0.15, 0.2) is 99.1 Å². The molecule has 5 rings (SSSR count). The van der Waals surface area contributed by atoms with Crippen LogP contribution < -0.4 is 11.0 Å². The number of nitrogens with one attached hydrogen (secondary N) is 1. The van der Waals surface area contributed by atoms with E-state index in [0.29, 0.717) is 22.4 Å². The van der Waals surface area contributed by atoms with Gasteiger partial charge in [0.1, 0.15) is 18.0 Å². The molecular weight excluding hydrogens is 422 g/mol. The first-order valence-corrected chi connectivity index (χ1v) is 10.1. The molecule has 0 bridgehead atoms. The topological polar surface area (TPSA) is 110 Å². The van der Waals surface area contributed by atoms with Gasteiger partial charge in [0.15, 0.2) is 5.84 Å². The number of amides is 2. The van der Waals surface area contributed by atoms with Crippen LogP contribution in [0.1, 0.15) is 11.3 Å². The van der Waals surface area contributed by atoms with E-state index < -0.39 is 17.4 Å². The first-order valence-electron chi connectivity index (χ1n) is 10.1. The van der Waals surface area contributed by atoms with Gasteiger partial charge in [-0.1, -0.05) is 42.5 Å². The normalized spacial score (nSPS) is 14.7. The highest BCUT2D eigenvalue weighted by Gasteiger charge is 2.33. The highest BCUT2D eigenvalue weighted by molar-refractivity contribution is 6.20. The van der Waals surface area contributed by atoms with Crippen molar-refractivity contribution in [1.82, 2.24) is 20.0 Å². The monoisotopic (exact) mass is 439 g/mol. The number of nitrogens with zero attached hydrogens (tertiary/aromatic N) is 4. The first kappa shape index (κ1) is 20.1. The molecule has 0 spiro atoms. The Morgan fingerprint density at radius 3 is 2.58 bits per heavy atom. The quantitative estimate of drug-likeness (QED) is 0.480. The maximum atomic E-state index is 13.1. The van der Waals surface area contributed by atoms with Gasteiger partial charge in [0.2, 0.25) is 0 Å². The second-order valence-corrected chi connectivity index (χ2v) is 7.19. The summed E-state index contributed by atoms with van der Waals surface area (Å²) in [5.74, 6) is -0.369. The van der Waals surface area contributed by atoms with Crippen molar-refractivity contribution in [2.24, 2.45) is 4.99 Å². The summed E-state index contributed by atoms with van der Waals surface area (Å²) in [4.78, 5) is 46.9. The Hall–Kier alpha value is -4.79. The summed E-state index contributed by atoms with van der Waals surface area (Å²) in [6, 6.07) is 19.4. The highest BCUT2D eigenvalue weighted by Crippen LogP contribution is 2.21. The molecule has 162 valence electrons. The number of hydrazine groups is 1. The van der Waals surface area contributed by atoms with Gasteiger partial charge in [-0.3, -0.25) is 24.4 Å². The number of para-hydroxylation sites is 2. The minimum Gasteiger partial charge on any atom is -0.465 e. The van der Waals surface area contributed by atoms with Gasteiger partial charge in [-0.15, -0.1) is 0 Å². The van der Waals surface area contributed by atoms with Gasteiger partial charge >= 0.3 is 0 Å². The molecule has 0 fully saturated rings. The molecule has 9 nitrogen and oxygen atoms in total. The summed E-state index contributed by atoms with van der Waals surface area (Å²) in [7, 11) is 0. The SMILES string of the molecule is O=C(Cn1c(=O)cnc2ccccc21)NN1C(=O)/C(=C\c2ccco2)N=C1c1ccccc1. The van der Waals surface area contributed by atoms with E-state index in [4.69, 9.17) is 4.42 Å². The van der Waals surface area contributed by atoms with E-state index in [2.05, 4.69) is 15.4 Å². The average Bonchev–Trinajstić information content (AvgIpc) is 3.45. The third kappa shape index (κ3) is 3.94. The molecule has 1 aliphatic rings. The standard InChI is InChI=1S/C24H17N5O4/c30-21(15-28-20-11-5-4-10-18(20)25-14-22(28)31)27-29-23(16-7-2-1-3-8-16)26-19(24(29)32)13-17-9-6-12-33-17/h1-14H,15H2,(H,27,30)/b19-13+. The molecule has 33 heavy (non-hydrogen) atoms. The van der Waals surface area contributed by atoms with Crippen LogP contribution >= 0.6 is 0 Å². The van der Waals surface area contributed by atoms with Gasteiger partial charge in [-0.05, 0) is 24.3 Å². The number of amidine groups is 1. The minimum absolute atomic E-state index is 0.107. The van der Waals surface area contributed by atoms with E-state index in [1.54, 1.807) is 60.7 Å². The smallest absolute Gasteiger partial charge is 0.297 e. The molecule has 0 saturated heterocycles. The molecule has 0 aliphatic carbocycles. The van der Waals surface area contributed by atoms with Crippen molar-refractivity contribution in [3.63, 3.8) is 0 Å². The minimum atomic E-state index is -0.565. The predicted octanol–water partition coefficient (Wildman–Crippen LogP) is 2.35. The zero-order valence-electron chi connectivity index (χ0n) is 17.2. The average molecular weight is 439 g/mol. The number of aromatic nitrogens is 2. The van der Waals surface area contributed by atoms with E-state index in [-0.39, 0.29) is 18.1 Å². The van der Waals surface area contributed by atoms with Crippen LogP contribution in [0, 0.1) is 0 Å². The zero-order valence-corrected chi connectivity index (χ0v) is 17.2. The number of carbonyl (C=O) groups is 2. The van der Waals surface area contributed by atoms with Gasteiger partial charge < -0.3 is 4.42 Å². The zero-order chi connectivity index (χ0) is 22.8. The number of rotatable bonds is 5. The van der Waals surface area contributed by atoms with E-state index in [1.165, 1.54) is 16.9 Å². The van der Waals surface area contributed by atoms with Crippen LogP contribution in [-0.2, 0) is 16.1 Å². The molecule has 0 saturated carbocycles. The second-order valence-electron chi connectivity index (χ2n) is 7.19. The predicted molar refractivity (Wildman–Crippen MR) is 121 cm³/mol. The number of aliphatic imine (C=N–C) groups is 1. The van der Waals surface area contributed by atoms with Gasteiger partial charge in [0, 0.05) is 11.6 Å². The maximum absolute atomic E-state index is 13.1. The fourth-order valence-electron chi connectivity index (χ4n) is 3.49. The third-order valence-corrected chi connectivity index (χ3v) is 5.01. The number of benzene rings is 2. The fraction of sp³-hybridized carbons (Fsp3) is 0.0417. The number of carbonyl (C=O) groups excluding carboxylic acids is 2. The number of furan rings is 1. The molecule has 0 unspecified atom stereocenters. The molecule has 2 amide bonds. The molecule has 9 heteroatoms. The van der Waals surface area contributed by atoms with Crippen molar-refractivity contribution in [2.75, 3.05) is 0 Å². The largest absolute Gasteiger partial charge is 0.465 e. The van der Waals surface area contributed by atoms with E-state index >= 15 is 0 Å². The Kier molecular flexibility index (Phi) is 5.12. The van der Waals surface area contributed by atoms with Crippen LogP contribution in [0.5, 0.6) is 0 Å². The molecule has 0 radical (unpaired) electrons. The van der Waals surface area contributed by atoms with Gasteiger partial charge in [0.05, 0.1) is 23.5 Å². The molecular formula is C24H17N5O4. The molecule has 4 aromatic rings. The maximum Gasteiger partial charge on any atom is 0.297 e. The fourth-order valence-corrected chi connectivity index (χ4v) is 3.49. The van der Waals surface area contributed by atoms with Gasteiger partial charge in [-0.2, -0.15) is 5.01 Å². The van der Waals surface area contributed by atoms with Crippen LogP contribution in [0.25, 0.3) is 17.1 Å². The second kappa shape index (κ2) is 8.39. The Morgan fingerprint density at radius 2 is 1.79 bits per heavy atom. The van der Waals surface area contributed by atoms with Crippen molar-refractivity contribution in [3.8, 4) is 0 Å². The molecule has 3 heterocycles. The van der Waals surface area contributed by atoms with Crippen molar-refractivity contribution < 1.29 is 14.0 Å². The summed E-state index contributed by atoms with van der Waals surface area (Å²) in [5, 5.41) is 1.08. The lowest BCUT2D eigenvalue weighted by Gasteiger charge is -2.19. The van der Waals surface area contributed by atoms with Crippen LogP contribution in [-0.4, -0.2) is 32.2 Å². The molecule has 1 aliphatic heterocycles. The van der Waals surface area contributed by atoms with Crippen molar-refractivity contribution in [3.05, 3.63) is 107 Å². The lowest BCUT2D eigenvalue weighted by Crippen LogP contribution is -2.49. The Balaban J connectivity index is 1.46. The van der Waals surface area contributed by atoms with E-state index in [9.17, 15) is 14.4 Å². The lowest BCUT2D eigenvalue weighted by atomic mass is 10.2. The van der Waals surface area contributed by atoms with Gasteiger partial charge in [0.25, 0.3) is 17.4 Å². The Labute approximate surface area is 187 Å². The van der Waals surface area contributed by atoms with Crippen LogP contribution in [0.4, 0.5) is 0 Å². The summed E-state index contributed by atoms with van der Waals surface area (Å²) in [6.07, 6.45) is 4.15. The molecule has 2 aromatic carbocycles. The highest BCUT2D eigenvalue weighted by atomic mass is 16.3. The molecule has 2 aromatic heterocycles. The molecule has 1 N–H and O–H groups in total. The first-order chi connectivity index (χ1) is 16.1. The van der Waals surface area contributed by atoms with Crippen molar-refractivity contribution in [2.45, 2.75) is 6.54 Å².